The number of carboxylic acid groups (broad SMARTS) is 1. The molecule has 2 N–H and O–H groups in total. The Balaban J connectivity index is 2.06. The Morgan fingerprint density at radius 1 is 1.00 bits per heavy atom. The number of hydrogen-bond acceptors (Lipinski definition) is 2. The molecule has 0 saturated heterocycles. The minimum atomic E-state index is -0.990. The van der Waals surface area contributed by atoms with E-state index in [1.54, 1.807) is 0 Å². The van der Waals surface area contributed by atoms with Crippen LogP contribution in [0.15, 0.2) is 48.5 Å². The van der Waals surface area contributed by atoms with Crippen LogP contribution in [0.1, 0.15) is 12.0 Å². The summed E-state index contributed by atoms with van der Waals surface area (Å²) in [5.41, 5.74) is 3.03. The summed E-state index contributed by atoms with van der Waals surface area (Å²) in [4.78, 5) is 10.5. The van der Waals surface area contributed by atoms with E-state index in [-0.39, 0.29) is 6.42 Å². The van der Waals surface area contributed by atoms with Crippen molar-refractivity contribution in [2.24, 2.45) is 0 Å². The number of halogens is 1. The van der Waals surface area contributed by atoms with Crippen LogP contribution in [0, 0.1) is 0 Å². The third-order valence-electron chi connectivity index (χ3n) is 3.01. The quantitative estimate of drug-likeness (QED) is 0.887. The summed E-state index contributed by atoms with van der Waals surface area (Å²) in [6.07, 6.45) is -0.750. The van der Waals surface area contributed by atoms with E-state index in [1.165, 1.54) is 0 Å². The fourth-order valence-electron chi connectivity index (χ4n) is 2.02. The van der Waals surface area contributed by atoms with Gasteiger partial charge in [0.2, 0.25) is 0 Å². The zero-order valence-electron chi connectivity index (χ0n) is 10.8. The standard InChI is InChI=1S/C16H15ClO3/c17-14-7-5-13(6-8-14)12-3-1-11(2-4-12)9-15(18)10-16(19)20/h1-8,15,18H,9-10H2,(H,19,20). The number of aliphatic hydroxyl groups excluding tert-OH is 1. The Labute approximate surface area is 122 Å². The molecule has 3 nitrogen and oxygen atoms in total. The van der Waals surface area contributed by atoms with Crippen LogP contribution in [0.5, 0.6) is 0 Å². The van der Waals surface area contributed by atoms with Gasteiger partial charge in [0.25, 0.3) is 0 Å². The highest BCUT2D eigenvalue weighted by Crippen LogP contribution is 2.22. The summed E-state index contributed by atoms with van der Waals surface area (Å²) in [6.45, 7) is 0. The van der Waals surface area contributed by atoms with Crippen LogP contribution < -0.4 is 0 Å². The first kappa shape index (κ1) is 14.6. The summed E-state index contributed by atoms with van der Waals surface area (Å²) in [7, 11) is 0. The van der Waals surface area contributed by atoms with Crippen molar-refractivity contribution in [3.8, 4) is 11.1 Å². The first-order valence-corrected chi connectivity index (χ1v) is 6.67. The van der Waals surface area contributed by atoms with Gasteiger partial charge in [-0.25, -0.2) is 0 Å². The van der Waals surface area contributed by atoms with Gasteiger partial charge in [0.1, 0.15) is 0 Å². The SMILES string of the molecule is O=C(O)CC(O)Cc1ccc(-c2ccc(Cl)cc2)cc1. The molecular weight excluding hydrogens is 276 g/mol. The van der Waals surface area contributed by atoms with Gasteiger partial charge in [0.15, 0.2) is 0 Å². The molecule has 0 amide bonds. The number of carbonyl (C=O) groups is 1. The third-order valence-corrected chi connectivity index (χ3v) is 3.27. The first-order valence-electron chi connectivity index (χ1n) is 6.29. The molecule has 1 atom stereocenters. The van der Waals surface area contributed by atoms with Crippen LogP contribution >= 0.6 is 11.6 Å². The van der Waals surface area contributed by atoms with Gasteiger partial charge in [-0.1, -0.05) is 48.0 Å². The Hall–Kier alpha value is -1.84. The number of carboxylic acids is 1. The molecule has 0 aliphatic carbocycles. The fraction of sp³-hybridized carbons (Fsp3) is 0.188. The zero-order valence-corrected chi connectivity index (χ0v) is 11.5. The summed E-state index contributed by atoms with van der Waals surface area (Å²) in [6, 6.07) is 15.2. The molecule has 0 heterocycles. The van der Waals surface area contributed by atoms with Crippen molar-refractivity contribution in [1.29, 1.82) is 0 Å². The molecule has 0 aliphatic rings. The maximum Gasteiger partial charge on any atom is 0.305 e. The van der Waals surface area contributed by atoms with E-state index in [2.05, 4.69) is 0 Å². The molecule has 1 unspecified atom stereocenters. The van der Waals surface area contributed by atoms with Crippen molar-refractivity contribution in [2.75, 3.05) is 0 Å². The van der Waals surface area contributed by atoms with Crippen molar-refractivity contribution >= 4 is 17.6 Å². The van der Waals surface area contributed by atoms with Crippen molar-refractivity contribution in [2.45, 2.75) is 18.9 Å². The lowest BCUT2D eigenvalue weighted by molar-refractivity contribution is -0.139. The largest absolute Gasteiger partial charge is 0.481 e. The predicted octanol–water partition coefficient (Wildman–Crippen LogP) is 3.39. The number of rotatable bonds is 5. The van der Waals surface area contributed by atoms with Gasteiger partial charge in [-0.2, -0.15) is 0 Å². The second-order valence-electron chi connectivity index (χ2n) is 4.66. The average Bonchev–Trinajstić information content (AvgIpc) is 2.39. The van der Waals surface area contributed by atoms with Gasteiger partial charge >= 0.3 is 5.97 Å². The minimum Gasteiger partial charge on any atom is -0.481 e. The van der Waals surface area contributed by atoms with E-state index in [4.69, 9.17) is 16.7 Å². The monoisotopic (exact) mass is 290 g/mol. The normalized spacial score (nSPS) is 12.1. The average molecular weight is 291 g/mol. The molecule has 0 radical (unpaired) electrons. The van der Waals surface area contributed by atoms with E-state index < -0.39 is 12.1 Å². The Morgan fingerprint density at radius 2 is 1.50 bits per heavy atom. The molecule has 0 bridgehead atoms. The van der Waals surface area contributed by atoms with Crippen LogP contribution in [0.4, 0.5) is 0 Å². The summed E-state index contributed by atoms with van der Waals surface area (Å²) < 4.78 is 0. The fourth-order valence-corrected chi connectivity index (χ4v) is 2.15. The lowest BCUT2D eigenvalue weighted by Crippen LogP contribution is -2.15. The zero-order chi connectivity index (χ0) is 14.5. The highest BCUT2D eigenvalue weighted by Gasteiger charge is 2.10. The second-order valence-corrected chi connectivity index (χ2v) is 5.10. The van der Waals surface area contributed by atoms with Gasteiger partial charge < -0.3 is 10.2 Å². The van der Waals surface area contributed by atoms with Crippen LogP contribution in [0.25, 0.3) is 11.1 Å². The molecule has 0 saturated carbocycles. The Kier molecular flexibility index (Phi) is 4.77. The summed E-state index contributed by atoms with van der Waals surface area (Å²) >= 11 is 5.85. The lowest BCUT2D eigenvalue weighted by atomic mass is 10.0. The molecule has 104 valence electrons. The van der Waals surface area contributed by atoms with E-state index in [9.17, 15) is 9.90 Å². The van der Waals surface area contributed by atoms with Gasteiger partial charge in [-0.15, -0.1) is 0 Å². The van der Waals surface area contributed by atoms with Crippen molar-refractivity contribution in [1.82, 2.24) is 0 Å². The van der Waals surface area contributed by atoms with Crippen molar-refractivity contribution in [3.05, 3.63) is 59.1 Å². The molecular formula is C16H15ClO3. The number of hydrogen-bond donors (Lipinski definition) is 2. The predicted molar refractivity (Wildman–Crippen MR) is 78.9 cm³/mol. The van der Waals surface area contributed by atoms with Crippen molar-refractivity contribution in [3.63, 3.8) is 0 Å². The Bertz CT molecular complexity index is 576. The van der Waals surface area contributed by atoms with Crippen LogP contribution in [0.3, 0.4) is 0 Å². The summed E-state index contributed by atoms with van der Waals surface area (Å²) in [5, 5.41) is 18.9. The van der Waals surface area contributed by atoms with E-state index in [0.717, 1.165) is 16.7 Å². The van der Waals surface area contributed by atoms with Crippen LogP contribution in [-0.2, 0) is 11.2 Å². The minimum absolute atomic E-state index is 0.237. The molecule has 0 aromatic heterocycles. The van der Waals surface area contributed by atoms with Gasteiger partial charge in [0, 0.05) is 5.02 Å². The molecule has 2 aromatic carbocycles. The number of aliphatic carboxylic acids is 1. The molecule has 4 heteroatoms. The van der Waals surface area contributed by atoms with E-state index in [0.29, 0.717) is 11.4 Å². The smallest absolute Gasteiger partial charge is 0.305 e. The number of aliphatic hydroxyl groups is 1. The van der Waals surface area contributed by atoms with E-state index in [1.807, 2.05) is 48.5 Å². The van der Waals surface area contributed by atoms with Gasteiger partial charge in [0.05, 0.1) is 12.5 Å². The molecule has 2 aromatic rings. The molecule has 2 rings (SSSR count). The van der Waals surface area contributed by atoms with Crippen molar-refractivity contribution < 1.29 is 15.0 Å². The highest BCUT2D eigenvalue weighted by molar-refractivity contribution is 6.30. The number of benzene rings is 2. The van der Waals surface area contributed by atoms with Crippen LogP contribution in [0.2, 0.25) is 5.02 Å². The first-order chi connectivity index (χ1) is 9.54. The lowest BCUT2D eigenvalue weighted by Gasteiger charge is -2.09. The van der Waals surface area contributed by atoms with E-state index >= 15 is 0 Å². The maximum absolute atomic E-state index is 10.5. The summed E-state index contributed by atoms with van der Waals surface area (Å²) in [5.74, 6) is -0.990. The molecule has 0 fully saturated rings. The van der Waals surface area contributed by atoms with Gasteiger partial charge in [-0.3, -0.25) is 4.79 Å². The topological polar surface area (TPSA) is 57.5 Å². The van der Waals surface area contributed by atoms with Crippen LogP contribution in [-0.4, -0.2) is 22.3 Å². The highest BCUT2D eigenvalue weighted by atomic mass is 35.5. The maximum atomic E-state index is 10.5. The molecule has 0 spiro atoms. The second kappa shape index (κ2) is 6.55. The third kappa shape index (κ3) is 4.08. The molecule has 20 heavy (non-hydrogen) atoms. The molecule has 0 aliphatic heterocycles. The van der Waals surface area contributed by atoms with Gasteiger partial charge in [-0.05, 0) is 35.2 Å². The Morgan fingerprint density at radius 3 is 2.00 bits per heavy atom.